The van der Waals surface area contributed by atoms with E-state index in [0.717, 1.165) is 28.4 Å². The number of hydrogen-bond acceptors (Lipinski definition) is 4. The second kappa shape index (κ2) is 9.23. The van der Waals surface area contributed by atoms with Gasteiger partial charge in [-0.25, -0.2) is 0 Å². The van der Waals surface area contributed by atoms with Gasteiger partial charge in [0.2, 0.25) is 5.91 Å². The fourth-order valence-corrected chi connectivity index (χ4v) is 3.20. The van der Waals surface area contributed by atoms with Gasteiger partial charge < -0.3 is 14.8 Å². The maximum Gasteiger partial charge on any atom is 0.230 e. The molecule has 0 spiro atoms. The lowest BCUT2D eigenvalue weighted by Gasteiger charge is -2.11. The van der Waals surface area contributed by atoms with Crippen molar-refractivity contribution in [2.75, 3.05) is 20.0 Å². The number of benzene rings is 2. The molecule has 0 bridgehead atoms. The number of nitrogens with one attached hydrogen (secondary N) is 1. The lowest BCUT2D eigenvalue weighted by molar-refractivity contribution is -0.118. The maximum atomic E-state index is 12.0. The van der Waals surface area contributed by atoms with E-state index in [2.05, 4.69) is 11.4 Å². The third kappa shape index (κ3) is 5.20. The topological polar surface area (TPSA) is 47.6 Å². The largest absolute Gasteiger partial charge is 0.496 e. The molecule has 0 saturated carbocycles. The third-order valence-electron chi connectivity index (χ3n) is 3.60. The second-order valence-electron chi connectivity index (χ2n) is 5.40. The van der Waals surface area contributed by atoms with Crippen molar-refractivity contribution in [1.82, 2.24) is 5.32 Å². The van der Waals surface area contributed by atoms with Crippen molar-refractivity contribution >= 4 is 17.7 Å². The maximum absolute atomic E-state index is 12.0. The van der Waals surface area contributed by atoms with Crippen molar-refractivity contribution in [3.05, 3.63) is 59.2 Å². The smallest absolute Gasteiger partial charge is 0.230 e. The Morgan fingerprint density at radius 1 is 1.04 bits per heavy atom. The molecule has 0 fully saturated rings. The summed E-state index contributed by atoms with van der Waals surface area (Å²) in [6.07, 6.45) is 0. The number of rotatable bonds is 8. The Kier molecular flexibility index (Phi) is 7.00. The monoisotopic (exact) mass is 345 g/mol. The Bertz CT molecular complexity index is 688. The standard InChI is InChI=1S/C19H23NO3S/c1-14-8-9-18(23-3)16(10-14)12-24-13-19(21)20-11-15-6-4-5-7-17(15)22-2/h4-10H,11-13H2,1-3H3,(H,20,21). The van der Waals surface area contributed by atoms with Crippen molar-refractivity contribution in [3.8, 4) is 11.5 Å². The quantitative estimate of drug-likeness (QED) is 0.795. The molecule has 0 heterocycles. The molecule has 0 atom stereocenters. The lowest BCUT2D eigenvalue weighted by Crippen LogP contribution is -2.24. The molecule has 0 aliphatic heterocycles. The molecule has 1 amide bonds. The fraction of sp³-hybridized carbons (Fsp3) is 0.316. The van der Waals surface area contributed by atoms with Gasteiger partial charge in [0.25, 0.3) is 0 Å². The molecule has 1 N–H and O–H groups in total. The van der Waals surface area contributed by atoms with Crippen LogP contribution in [0.5, 0.6) is 11.5 Å². The molecule has 128 valence electrons. The van der Waals surface area contributed by atoms with Gasteiger partial charge in [-0.3, -0.25) is 4.79 Å². The number of amides is 1. The lowest BCUT2D eigenvalue weighted by atomic mass is 10.1. The van der Waals surface area contributed by atoms with E-state index in [0.29, 0.717) is 12.3 Å². The molecule has 0 unspecified atom stereocenters. The molecule has 0 aromatic heterocycles. The average Bonchev–Trinajstić information content (AvgIpc) is 2.60. The minimum atomic E-state index is 0.0116. The Balaban J connectivity index is 1.80. The highest BCUT2D eigenvalue weighted by atomic mass is 32.2. The number of methoxy groups -OCH3 is 2. The normalized spacial score (nSPS) is 10.3. The fourth-order valence-electron chi connectivity index (χ4n) is 2.37. The van der Waals surface area contributed by atoms with Crippen LogP contribution in [0.4, 0.5) is 0 Å². The van der Waals surface area contributed by atoms with Crippen LogP contribution in [-0.2, 0) is 17.1 Å². The van der Waals surface area contributed by atoms with E-state index in [4.69, 9.17) is 9.47 Å². The van der Waals surface area contributed by atoms with Crippen molar-refractivity contribution in [3.63, 3.8) is 0 Å². The zero-order chi connectivity index (χ0) is 17.4. The first-order chi connectivity index (χ1) is 11.6. The van der Waals surface area contributed by atoms with E-state index in [1.54, 1.807) is 26.0 Å². The number of ether oxygens (including phenoxy) is 2. The van der Waals surface area contributed by atoms with Crippen LogP contribution >= 0.6 is 11.8 Å². The number of carbonyl (C=O) groups is 1. The first-order valence-electron chi connectivity index (χ1n) is 7.74. The van der Waals surface area contributed by atoms with Crippen LogP contribution in [0, 0.1) is 6.92 Å². The van der Waals surface area contributed by atoms with Gasteiger partial charge >= 0.3 is 0 Å². The van der Waals surface area contributed by atoms with E-state index in [-0.39, 0.29) is 5.91 Å². The van der Waals surface area contributed by atoms with Crippen LogP contribution in [0.2, 0.25) is 0 Å². The molecule has 2 aromatic carbocycles. The summed E-state index contributed by atoms with van der Waals surface area (Å²) in [5, 5.41) is 2.93. The molecule has 0 aliphatic carbocycles. The molecule has 4 nitrogen and oxygen atoms in total. The number of para-hydroxylation sites is 1. The van der Waals surface area contributed by atoms with E-state index < -0.39 is 0 Å². The first-order valence-corrected chi connectivity index (χ1v) is 8.89. The summed E-state index contributed by atoms with van der Waals surface area (Å²) in [7, 11) is 3.30. The number of carbonyl (C=O) groups excluding carboxylic acids is 1. The molecule has 0 aliphatic rings. The van der Waals surface area contributed by atoms with E-state index in [9.17, 15) is 4.79 Å². The molecule has 2 aromatic rings. The molecule has 0 radical (unpaired) electrons. The summed E-state index contributed by atoms with van der Waals surface area (Å²) in [6.45, 7) is 2.52. The van der Waals surface area contributed by atoms with E-state index >= 15 is 0 Å². The molecule has 24 heavy (non-hydrogen) atoms. The van der Waals surface area contributed by atoms with E-state index in [1.165, 1.54) is 5.56 Å². The highest BCUT2D eigenvalue weighted by Crippen LogP contribution is 2.24. The molecule has 5 heteroatoms. The van der Waals surface area contributed by atoms with Crippen molar-refractivity contribution in [1.29, 1.82) is 0 Å². The van der Waals surface area contributed by atoms with Crippen LogP contribution < -0.4 is 14.8 Å². The molecular formula is C19H23NO3S. The Morgan fingerprint density at radius 3 is 2.50 bits per heavy atom. The number of thioether (sulfide) groups is 1. The van der Waals surface area contributed by atoms with Gasteiger partial charge in [-0.1, -0.05) is 35.9 Å². The van der Waals surface area contributed by atoms with Crippen LogP contribution in [0.15, 0.2) is 42.5 Å². The van der Waals surface area contributed by atoms with E-state index in [1.807, 2.05) is 43.3 Å². The zero-order valence-electron chi connectivity index (χ0n) is 14.3. The van der Waals surface area contributed by atoms with Crippen LogP contribution in [0.1, 0.15) is 16.7 Å². The van der Waals surface area contributed by atoms with Gasteiger partial charge in [0, 0.05) is 23.4 Å². The van der Waals surface area contributed by atoms with Crippen LogP contribution in [-0.4, -0.2) is 25.9 Å². The molecular weight excluding hydrogens is 322 g/mol. The summed E-state index contributed by atoms with van der Waals surface area (Å²) in [6, 6.07) is 13.8. The van der Waals surface area contributed by atoms with Gasteiger partial charge in [-0.2, -0.15) is 0 Å². The van der Waals surface area contributed by atoms with Crippen LogP contribution in [0.25, 0.3) is 0 Å². The predicted molar refractivity (Wildman–Crippen MR) is 98.7 cm³/mol. The highest BCUT2D eigenvalue weighted by molar-refractivity contribution is 7.99. The number of aryl methyl sites for hydroxylation is 1. The summed E-state index contributed by atoms with van der Waals surface area (Å²) >= 11 is 1.57. The second-order valence-corrected chi connectivity index (χ2v) is 6.38. The van der Waals surface area contributed by atoms with Crippen LogP contribution in [0.3, 0.4) is 0 Å². The average molecular weight is 345 g/mol. The Labute approximate surface area is 147 Å². The minimum Gasteiger partial charge on any atom is -0.496 e. The highest BCUT2D eigenvalue weighted by Gasteiger charge is 2.07. The first kappa shape index (κ1) is 18.2. The zero-order valence-corrected chi connectivity index (χ0v) is 15.1. The SMILES string of the molecule is COc1ccccc1CNC(=O)CSCc1cc(C)ccc1OC. The Morgan fingerprint density at radius 2 is 1.75 bits per heavy atom. The van der Waals surface area contributed by atoms with Gasteiger partial charge in [0.1, 0.15) is 11.5 Å². The van der Waals surface area contributed by atoms with Gasteiger partial charge in [-0.15, -0.1) is 11.8 Å². The summed E-state index contributed by atoms with van der Waals surface area (Å²) in [5.74, 6) is 2.81. The summed E-state index contributed by atoms with van der Waals surface area (Å²) in [4.78, 5) is 12.0. The van der Waals surface area contributed by atoms with Gasteiger partial charge in [0.15, 0.2) is 0 Å². The van der Waals surface area contributed by atoms with Gasteiger partial charge in [0.05, 0.1) is 20.0 Å². The molecule has 0 saturated heterocycles. The summed E-state index contributed by atoms with van der Waals surface area (Å²) in [5.41, 5.74) is 3.27. The van der Waals surface area contributed by atoms with Crippen molar-refractivity contribution < 1.29 is 14.3 Å². The predicted octanol–water partition coefficient (Wildman–Crippen LogP) is 3.56. The minimum absolute atomic E-state index is 0.0116. The van der Waals surface area contributed by atoms with Crippen molar-refractivity contribution in [2.45, 2.75) is 19.2 Å². The van der Waals surface area contributed by atoms with Gasteiger partial charge in [-0.05, 0) is 19.1 Å². The van der Waals surface area contributed by atoms with Crippen molar-refractivity contribution in [2.24, 2.45) is 0 Å². The third-order valence-corrected chi connectivity index (χ3v) is 4.58. The Hall–Kier alpha value is -2.14. The summed E-state index contributed by atoms with van der Waals surface area (Å²) < 4.78 is 10.6. The number of hydrogen-bond donors (Lipinski definition) is 1. The molecule has 2 rings (SSSR count).